The highest BCUT2D eigenvalue weighted by Crippen LogP contribution is 2.23. The van der Waals surface area contributed by atoms with Crippen LogP contribution in [-0.4, -0.2) is 67.2 Å². The molecule has 3 rings (SSSR count). The van der Waals surface area contributed by atoms with Crippen LogP contribution in [0.1, 0.15) is 28.8 Å². The van der Waals surface area contributed by atoms with Gasteiger partial charge in [-0.15, -0.1) is 0 Å². The molecule has 29 heavy (non-hydrogen) atoms. The summed E-state index contributed by atoms with van der Waals surface area (Å²) in [6.45, 7) is 7.09. The summed E-state index contributed by atoms with van der Waals surface area (Å²) in [7, 11) is 1.53. The topological polar surface area (TPSA) is 65.0 Å². The average Bonchev–Trinajstić information content (AvgIpc) is 2.75. The van der Waals surface area contributed by atoms with Gasteiger partial charge in [0.05, 0.1) is 12.7 Å². The van der Waals surface area contributed by atoms with Gasteiger partial charge in [0.15, 0.2) is 0 Å². The van der Waals surface area contributed by atoms with Crippen molar-refractivity contribution in [3.05, 3.63) is 59.7 Å². The number of hydrogen-bond acceptors (Lipinski definition) is 5. The van der Waals surface area contributed by atoms with Crippen molar-refractivity contribution in [1.29, 1.82) is 0 Å². The average molecular weight is 398 g/mol. The number of aromatic hydroxyl groups is 1. The van der Waals surface area contributed by atoms with Crippen LogP contribution in [0, 0.1) is 0 Å². The molecule has 1 heterocycles. The second kappa shape index (κ2) is 10.8. The number of nitrogens with one attached hydrogen (secondary N) is 1. The van der Waals surface area contributed by atoms with Gasteiger partial charge in [0.2, 0.25) is 0 Å². The Morgan fingerprint density at radius 1 is 1.03 bits per heavy atom. The van der Waals surface area contributed by atoms with Crippen molar-refractivity contribution in [2.75, 3.05) is 46.4 Å². The Morgan fingerprint density at radius 3 is 2.45 bits per heavy atom. The third-order valence-electron chi connectivity index (χ3n) is 5.35. The first-order valence-corrected chi connectivity index (χ1v) is 10.3. The molecule has 1 fully saturated rings. The summed E-state index contributed by atoms with van der Waals surface area (Å²) in [4.78, 5) is 17.2. The van der Waals surface area contributed by atoms with Crippen LogP contribution in [0.2, 0.25) is 0 Å². The van der Waals surface area contributed by atoms with Gasteiger partial charge in [0.25, 0.3) is 5.91 Å². The highest BCUT2D eigenvalue weighted by molar-refractivity contribution is 5.96. The molecule has 0 spiro atoms. The van der Waals surface area contributed by atoms with E-state index in [-0.39, 0.29) is 17.2 Å². The summed E-state index contributed by atoms with van der Waals surface area (Å²) in [6.07, 6.45) is 1.97. The molecule has 6 nitrogen and oxygen atoms in total. The fraction of sp³-hybridized carbons (Fsp3) is 0.435. The SMILES string of the molecule is COc1ccc(C(=O)NCCCCN2CCN(Cc3ccccc3)CC2)c(O)c1. The highest BCUT2D eigenvalue weighted by atomic mass is 16.5. The quantitative estimate of drug-likeness (QED) is 0.637. The van der Waals surface area contributed by atoms with Crippen molar-refractivity contribution in [3.8, 4) is 11.5 Å². The number of ether oxygens (including phenoxy) is 1. The van der Waals surface area contributed by atoms with Gasteiger partial charge in [-0.3, -0.25) is 9.69 Å². The van der Waals surface area contributed by atoms with Gasteiger partial charge in [0, 0.05) is 45.3 Å². The number of rotatable bonds is 9. The number of hydrogen-bond donors (Lipinski definition) is 2. The van der Waals surface area contributed by atoms with E-state index in [1.54, 1.807) is 12.1 Å². The first kappa shape index (κ1) is 21.1. The molecule has 0 saturated carbocycles. The van der Waals surface area contributed by atoms with E-state index in [0.717, 1.165) is 52.1 Å². The molecule has 1 aliphatic rings. The molecule has 0 aliphatic carbocycles. The zero-order valence-corrected chi connectivity index (χ0v) is 17.1. The summed E-state index contributed by atoms with van der Waals surface area (Å²) in [5, 5.41) is 12.8. The Labute approximate surface area is 173 Å². The van der Waals surface area contributed by atoms with Crippen LogP contribution in [0.3, 0.4) is 0 Å². The number of nitrogens with zero attached hydrogens (tertiary/aromatic N) is 2. The number of amides is 1. The molecular formula is C23H31N3O3. The van der Waals surface area contributed by atoms with Crippen LogP contribution < -0.4 is 10.1 Å². The van der Waals surface area contributed by atoms with Gasteiger partial charge in [-0.1, -0.05) is 30.3 Å². The number of methoxy groups -OCH3 is 1. The van der Waals surface area contributed by atoms with Crippen molar-refractivity contribution >= 4 is 5.91 Å². The third-order valence-corrected chi connectivity index (χ3v) is 5.35. The molecule has 1 aliphatic heterocycles. The number of phenolic OH excluding ortho intramolecular Hbond substituents is 1. The molecule has 0 radical (unpaired) electrons. The van der Waals surface area contributed by atoms with Crippen LogP contribution >= 0.6 is 0 Å². The standard InChI is InChI=1S/C23H31N3O3/c1-29-20-9-10-21(22(27)17-20)23(28)24-11-5-6-12-25-13-15-26(16-14-25)18-19-7-3-2-4-8-19/h2-4,7-10,17,27H,5-6,11-16,18H2,1H3,(H,24,28). The molecule has 0 bridgehead atoms. The summed E-state index contributed by atoms with van der Waals surface area (Å²) in [6, 6.07) is 15.3. The summed E-state index contributed by atoms with van der Waals surface area (Å²) in [5.41, 5.74) is 1.65. The molecule has 0 aromatic heterocycles. The van der Waals surface area contributed by atoms with Crippen LogP contribution in [0.25, 0.3) is 0 Å². The second-order valence-corrected chi connectivity index (χ2v) is 7.45. The summed E-state index contributed by atoms with van der Waals surface area (Å²) < 4.78 is 5.04. The second-order valence-electron chi connectivity index (χ2n) is 7.45. The zero-order valence-electron chi connectivity index (χ0n) is 17.1. The maximum absolute atomic E-state index is 12.2. The maximum atomic E-state index is 12.2. The first-order chi connectivity index (χ1) is 14.2. The number of benzene rings is 2. The lowest BCUT2D eigenvalue weighted by Crippen LogP contribution is -2.46. The minimum Gasteiger partial charge on any atom is -0.507 e. The van der Waals surface area contributed by atoms with Crippen LogP contribution in [0.5, 0.6) is 11.5 Å². The first-order valence-electron chi connectivity index (χ1n) is 10.3. The van der Waals surface area contributed by atoms with Crippen LogP contribution in [0.4, 0.5) is 0 Å². The Morgan fingerprint density at radius 2 is 1.76 bits per heavy atom. The lowest BCUT2D eigenvalue weighted by atomic mass is 10.1. The van der Waals surface area contributed by atoms with Crippen LogP contribution in [0.15, 0.2) is 48.5 Å². The summed E-state index contributed by atoms with van der Waals surface area (Å²) >= 11 is 0. The number of piperazine rings is 1. The largest absolute Gasteiger partial charge is 0.507 e. The summed E-state index contributed by atoms with van der Waals surface area (Å²) in [5.74, 6) is 0.220. The Hall–Kier alpha value is -2.57. The van der Waals surface area contributed by atoms with Crippen molar-refractivity contribution < 1.29 is 14.6 Å². The van der Waals surface area contributed by atoms with E-state index in [4.69, 9.17) is 4.74 Å². The van der Waals surface area contributed by atoms with Crippen molar-refractivity contribution in [2.45, 2.75) is 19.4 Å². The number of unbranched alkanes of at least 4 members (excludes halogenated alkanes) is 1. The van der Waals surface area contributed by atoms with E-state index in [9.17, 15) is 9.90 Å². The highest BCUT2D eigenvalue weighted by Gasteiger charge is 2.16. The molecular weight excluding hydrogens is 366 g/mol. The van der Waals surface area contributed by atoms with Gasteiger partial charge in [-0.05, 0) is 37.1 Å². The molecule has 0 unspecified atom stereocenters. The van der Waals surface area contributed by atoms with Gasteiger partial charge in [0.1, 0.15) is 11.5 Å². The normalized spacial score (nSPS) is 15.2. The molecule has 2 aromatic rings. The van der Waals surface area contributed by atoms with Gasteiger partial charge in [-0.2, -0.15) is 0 Å². The van der Waals surface area contributed by atoms with E-state index in [2.05, 4.69) is 45.4 Å². The van der Waals surface area contributed by atoms with Gasteiger partial charge in [-0.25, -0.2) is 0 Å². The van der Waals surface area contributed by atoms with Gasteiger partial charge < -0.3 is 20.1 Å². The molecule has 0 atom stereocenters. The smallest absolute Gasteiger partial charge is 0.255 e. The van der Waals surface area contributed by atoms with Crippen LogP contribution in [-0.2, 0) is 6.54 Å². The lowest BCUT2D eigenvalue weighted by molar-refractivity contribution is 0.0948. The van der Waals surface area contributed by atoms with Crippen molar-refractivity contribution in [1.82, 2.24) is 15.1 Å². The minimum absolute atomic E-state index is 0.0600. The number of carbonyl (C=O) groups excluding carboxylic acids is 1. The molecule has 2 N–H and O–H groups in total. The molecule has 6 heteroatoms. The van der Waals surface area contributed by atoms with Crippen molar-refractivity contribution in [3.63, 3.8) is 0 Å². The lowest BCUT2D eigenvalue weighted by Gasteiger charge is -2.34. The molecule has 156 valence electrons. The molecule has 1 amide bonds. The molecule has 1 saturated heterocycles. The fourth-order valence-electron chi connectivity index (χ4n) is 3.60. The predicted octanol–water partition coefficient (Wildman–Crippen LogP) is 2.73. The van der Waals surface area contributed by atoms with Crippen molar-refractivity contribution in [2.24, 2.45) is 0 Å². The fourth-order valence-corrected chi connectivity index (χ4v) is 3.60. The van der Waals surface area contributed by atoms with E-state index in [1.807, 2.05) is 0 Å². The Kier molecular flexibility index (Phi) is 7.90. The van der Waals surface area contributed by atoms with E-state index in [0.29, 0.717) is 12.3 Å². The predicted molar refractivity (Wildman–Crippen MR) is 114 cm³/mol. The number of carbonyl (C=O) groups is 1. The van der Waals surface area contributed by atoms with E-state index < -0.39 is 0 Å². The maximum Gasteiger partial charge on any atom is 0.255 e. The Balaban J connectivity index is 1.29. The number of phenols is 1. The zero-order chi connectivity index (χ0) is 20.5. The molecule has 2 aromatic carbocycles. The Bertz CT molecular complexity index is 774. The van der Waals surface area contributed by atoms with Gasteiger partial charge >= 0.3 is 0 Å². The third kappa shape index (κ3) is 6.48. The monoisotopic (exact) mass is 397 g/mol. The van der Waals surface area contributed by atoms with E-state index in [1.165, 1.54) is 18.7 Å². The minimum atomic E-state index is -0.250. The van der Waals surface area contributed by atoms with E-state index >= 15 is 0 Å².